The second-order valence-corrected chi connectivity index (χ2v) is 8.94. The van der Waals surface area contributed by atoms with E-state index in [1.807, 2.05) is 24.3 Å². The Balaban J connectivity index is 2.12. The first-order valence-electron chi connectivity index (χ1n) is 10.7. The molecule has 0 spiro atoms. The average Bonchev–Trinajstić information content (AvgIpc) is 3.03. The molecule has 1 saturated heterocycles. The van der Waals surface area contributed by atoms with Crippen LogP contribution in [-0.4, -0.2) is 49.1 Å². The number of benzene rings is 2. The number of carbonyl (C=O) groups excluding carboxylic acids is 2. The Morgan fingerprint density at radius 1 is 1.06 bits per heavy atom. The van der Waals surface area contributed by atoms with Crippen LogP contribution in [-0.2, 0) is 19.7 Å². The van der Waals surface area contributed by atoms with Gasteiger partial charge >= 0.3 is 0 Å². The van der Waals surface area contributed by atoms with Crippen molar-refractivity contribution in [2.45, 2.75) is 38.6 Å². The molecule has 1 aliphatic rings. The molecule has 6 heteroatoms. The van der Waals surface area contributed by atoms with Gasteiger partial charge in [-0.1, -0.05) is 57.2 Å². The molecule has 0 aliphatic carbocycles. The maximum absolute atomic E-state index is 13.1. The smallest absolute Gasteiger partial charge is 0.295 e. The van der Waals surface area contributed by atoms with Crippen LogP contribution in [0.15, 0.2) is 54.1 Å². The minimum Gasteiger partial charge on any atom is -0.507 e. The van der Waals surface area contributed by atoms with E-state index < -0.39 is 17.7 Å². The molecule has 32 heavy (non-hydrogen) atoms. The third kappa shape index (κ3) is 4.70. The molecule has 0 radical (unpaired) electrons. The highest BCUT2D eigenvalue weighted by molar-refractivity contribution is 6.46. The molecule has 170 valence electrons. The van der Waals surface area contributed by atoms with E-state index in [9.17, 15) is 14.7 Å². The first kappa shape index (κ1) is 23.5. The lowest BCUT2D eigenvalue weighted by Crippen LogP contribution is -2.31. The van der Waals surface area contributed by atoms with Gasteiger partial charge in [-0.05, 0) is 35.1 Å². The molecule has 2 aromatic rings. The summed E-state index contributed by atoms with van der Waals surface area (Å²) in [4.78, 5) is 27.5. The van der Waals surface area contributed by atoms with Crippen molar-refractivity contribution in [2.24, 2.45) is 0 Å². The van der Waals surface area contributed by atoms with Crippen LogP contribution in [0.3, 0.4) is 0 Å². The largest absolute Gasteiger partial charge is 0.507 e. The van der Waals surface area contributed by atoms with Crippen molar-refractivity contribution in [3.05, 3.63) is 70.8 Å². The number of hydrogen-bond acceptors (Lipinski definition) is 5. The van der Waals surface area contributed by atoms with Crippen molar-refractivity contribution in [1.82, 2.24) is 4.90 Å². The number of ether oxygens (including phenoxy) is 2. The van der Waals surface area contributed by atoms with E-state index in [1.165, 1.54) is 12.0 Å². The van der Waals surface area contributed by atoms with Crippen LogP contribution in [0.1, 0.15) is 49.9 Å². The van der Waals surface area contributed by atoms with E-state index >= 15 is 0 Å². The van der Waals surface area contributed by atoms with Gasteiger partial charge in [-0.15, -0.1) is 0 Å². The Hall–Kier alpha value is -3.12. The Morgan fingerprint density at radius 2 is 1.75 bits per heavy atom. The molecular formula is C26H31NO5. The summed E-state index contributed by atoms with van der Waals surface area (Å²) >= 11 is 0. The van der Waals surface area contributed by atoms with E-state index in [1.54, 1.807) is 31.4 Å². The summed E-state index contributed by atoms with van der Waals surface area (Å²) in [6.07, 6.45) is 0.583. The Bertz CT molecular complexity index is 1020. The summed E-state index contributed by atoms with van der Waals surface area (Å²) in [6.45, 7) is 7.19. The zero-order valence-electron chi connectivity index (χ0n) is 19.3. The maximum atomic E-state index is 13.1. The fourth-order valence-electron chi connectivity index (χ4n) is 3.93. The molecule has 1 amide bonds. The minimum atomic E-state index is -0.687. The topological polar surface area (TPSA) is 76.1 Å². The SMILES string of the molecule is COCCCN1C(=O)C(=O)C(=C(O)c2cccc(OC)c2)C1c1ccc(C(C)(C)C)cc1. The van der Waals surface area contributed by atoms with Crippen LogP contribution in [0.25, 0.3) is 5.76 Å². The summed E-state index contributed by atoms with van der Waals surface area (Å²) in [5.41, 5.74) is 2.41. The van der Waals surface area contributed by atoms with Gasteiger partial charge in [-0.2, -0.15) is 0 Å². The predicted octanol–water partition coefficient (Wildman–Crippen LogP) is 4.45. The van der Waals surface area contributed by atoms with Crippen LogP contribution < -0.4 is 4.74 Å². The first-order valence-corrected chi connectivity index (χ1v) is 10.7. The number of Topliss-reactive ketones (excluding diaryl/α,β-unsaturated/α-hetero) is 1. The van der Waals surface area contributed by atoms with Gasteiger partial charge in [-0.25, -0.2) is 0 Å². The molecule has 1 N–H and O–H groups in total. The zero-order chi connectivity index (χ0) is 23.5. The van der Waals surface area contributed by atoms with Gasteiger partial charge in [0.1, 0.15) is 11.5 Å². The first-order chi connectivity index (χ1) is 15.2. The van der Waals surface area contributed by atoms with Gasteiger partial charge in [0.15, 0.2) is 0 Å². The summed E-state index contributed by atoms with van der Waals surface area (Å²) in [7, 11) is 3.13. The van der Waals surface area contributed by atoms with Crippen LogP contribution in [0.2, 0.25) is 0 Å². The van der Waals surface area contributed by atoms with Crippen LogP contribution in [0.4, 0.5) is 0 Å². The number of nitrogens with zero attached hydrogens (tertiary/aromatic N) is 1. The van der Waals surface area contributed by atoms with Crippen molar-refractivity contribution < 1.29 is 24.2 Å². The third-order valence-corrected chi connectivity index (χ3v) is 5.72. The molecule has 0 bridgehead atoms. The summed E-state index contributed by atoms with van der Waals surface area (Å²) in [5.74, 6) is -0.959. The van der Waals surface area contributed by atoms with Crippen molar-refractivity contribution in [3.8, 4) is 5.75 Å². The molecule has 2 aromatic carbocycles. The number of ketones is 1. The van der Waals surface area contributed by atoms with Crippen LogP contribution >= 0.6 is 0 Å². The fraction of sp³-hybridized carbons (Fsp3) is 0.385. The maximum Gasteiger partial charge on any atom is 0.295 e. The average molecular weight is 438 g/mol. The molecular weight excluding hydrogens is 406 g/mol. The van der Waals surface area contributed by atoms with E-state index in [0.29, 0.717) is 30.9 Å². The number of hydrogen-bond donors (Lipinski definition) is 1. The number of carbonyl (C=O) groups is 2. The highest BCUT2D eigenvalue weighted by Gasteiger charge is 2.45. The molecule has 0 aromatic heterocycles. The standard InChI is InChI=1S/C26H31NO5/c1-26(2,3)19-12-10-17(11-13-19)22-21(23(28)18-8-6-9-20(16-18)32-5)24(29)25(30)27(22)14-7-15-31-4/h6,8-13,16,22,28H,7,14-15H2,1-5H3. The summed E-state index contributed by atoms with van der Waals surface area (Å²) < 4.78 is 10.4. The zero-order valence-corrected chi connectivity index (χ0v) is 19.3. The Labute approximate surface area is 189 Å². The summed E-state index contributed by atoms with van der Waals surface area (Å²) in [6, 6.07) is 14.0. The fourth-order valence-corrected chi connectivity index (χ4v) is 3.93. The van der Waals surface area contributed by atoms with Crippen LogP contribution in [0.5, 0.6) is 5.75 Å². The number of rotatable bonds is 7. The van der Waals surface area contributed by atoms with Crippen molar-refractivity contribution in [2.75, 3.05) is 27.4 Å². The second-order valence-electron chi connectivity index (χ2n) is 8.94. The third-order valence-electron chi connectivity index (χ3n) is 5.72. The molecule has 1 aliphatic heterocycles. The van der Waals surface area contributed by atoms with Gasteiger partial charge in [0, 0.05) is 25.8 Å². The van der Waals surface area contributed by atoms with Gasteiger partial charge < -0.3 is 19.5 Å². The lowest BCUT2D eigenvalue weighted by Gasteiger charge is -2.26. The highest BCUT2D eigenvalue weighted by atomic mass is 16.5. The Kier molecular flexibility index (Phi) is 7.04. The van der Waals surface area contributed by atoms with Crippen molar-refractivity contribution in [1.29, 1.82) is 0 Å². The Morgan fingerprint density at radius 3 is 2.34 bits per heavy atom. The highest BCUT2D eigenvalue weighted by Crippen LogP contribution is 2.40. The van der Waals surface area contributed by atoms with Gasteiger partial charge in [0.25, 0.3) is 11.7 Å². The number of amides is 1. The normalized spacial score (nSPS) is 18.3. The number of aliphatic hydroxyl groups is 1. The van der Waals surface area contributed by atoms with E-state index in [-0.39, 0.29) is 16.7 Å². The molecule has 1 fully saturated rings. The molecule has 0 saturated carbocycles. The molecule has 1 heterocycles. The van der Waals surface area contributed by atoms with Gasteiger partial charge in [-0.3, -0.25) is 9.59 Å². The molecule has 6 nitrogen and oxygen atoms in total. The van der Waals surface area contributed by atoms with E-state index in [0.717, 1.165) is 11.1 Å². The molecule has 1 unspecified atom stereocenters. The molecule has 3 rings (SSSR count). The molecule has 1 atom stereocenters. The number of methoxy groups -OCH3 is 2. The van der Waals surface area contributed by atoms with Gasteiger partial charge in [0.05, 0.1) is 18.7 Å². The van der Waals surface area contributed by atoms with E-state index in [2.05, 4.69) is 20.8 Å². The minimum absolute atomic E-state index is 0.0284. The second kappa shape index (κ2) is 9.57. The monoisotopic (exact) mass is 437 g/mol. The quantitative estimate of drug-likeness (QED) is 0.300. The van der Waals surface area contributed by atoms with E-state index in [4.69, 9.17) is 9.47 Å². The lowest BCUT2D eigenvalue weighted by molar-refractivity contribution is -0.140. The summed E-state index contributed by atoms with van der Waals surface area (Å²) in [5, 5.41) is 11.1. The van der Waals surface area contributed by atoms with Crippen molar-refractivity contribution in [3.63, 3.8) is 0 Å². The lowest BCUT2D eigenvalue weighted by atomic mass is 9.85. The van der Waals surface area contributed by atoms with Crippen LogP contribution in [0, 0.1) is 0 Å². The number of aliphatic hydroxyl groups excluding tert-OH is 1. The predicted molar refractivity (Wildman–Crippen MR) is 124 cm³/mol. The van der Waals surface area contributed by atoms with Crippen molar-refractivity contribution >= 4 is 17.4 Å². The van der Waals surface area contributed by atoms with Gasteiger partial charge in [0.2, 0.25) is 0 Å². The number of likely N-dealkylation sites (tertiary alicyclic amines) is 1.